The summed E-state index contributed by atoms with van der Waals surface area (Å²) in [5, 5.41) is 0. The Morgan fingerprint density at radius 3 is 2.36 bits per heavy atom. The Morgan fingerprint density at radius 2 is 1.73 bits per heavy atom. The topological polar surface area (TPSA) is 24.8 Å². The fourth-order valence-electron chi connectivity index (χ4n) is 4.00. The summed E-state index contributed by atoms with van der Waals surface area (Å²) in [4.78, 5) is 16.2. The minimum absolute atomic E-state index is 0.294. The number of rotatable bonds is 3. The van der Waals surface area contributed by atoms with Gasteiger partial charge in [-0.1, -0.05) is 37.3 Å². The molecule has 1 saturated heterocycles. The van der Waals surface area contributed by atoms with E-state index in [1.54, 1.807) is 4.90 Å². The van der Waals surface area contributed by atoms with Crippen LogP contribution in [-0.2, 0) is 11.2 Å². The first-order chi connectivity index (χ1) is 10.7. The van der Waals surface area contributed by atoms with Crippen molar-refractivity contribution in [2.24, 2.45) is 5.92 Å². The van der Waals surface area contributed by atoms with E-state index in [0.717, 1.165) is 43.7 Å². The molecule has 120 valence electrons. The lowest BCUT2D eigenvalue weighted by Crippen LogP contribution is -3.18. The van der Waals surface area contributed by atoms with E-state index >= 15 is 0 Å². The van der Waals surface area contributed by atoms with Crippen LogP contribution in [0.15, 0.2) is 30.3 Å². The number of nitrogens with one attached hydrogen (secondary N) is 1. The van der Waals surface area contributed by atoms with Crippen LogP contribution in [0, 0.1) is 5.92 Å². The van der Waals surface area contributed by atoms with Gasteiger partial charge in [0.25, 0.3) is 0 Å². The Labute approximate surface area is 134 Å². The second-order valence-electron chi connectivity index (χ2n) is 7.16. The van der Waals surface area contributed by atoms with Crippen LogP contribution < -0.4 is 4.90 Å². The first-order valence-corrected chi connectivity index (χ1v) is 8.88. The molecule has 22 heavy (non-hydrogen) atoms. The van der Waals surface area contributed by atoms with E-state index in [4.69, 9.17) is 0 Å². The number of benzene rings is 1. The van der Waals surface area contributed by atoms with Gasteiger partial charge in [0.1, 0.15) is 0 Å². The molecule has 1 N–H and O–H groups in total. The largest absolute Gasteiger partial charge is 0.331 e. The molecule has 1 heterocycles. The lowest BCUT2D eigenvalue weighted by Gasteiger charge is -2.39. The first kappa shape index (κ1) is 15.5. The number of carbonyl (C=O) groups excluding carboxylic acids is 1. The maximum atomic E-state index is 12.4. The van der Waals surface area contributed by atoms with Gasteiger partial charge < -0.3 is 9.80 Å². The lowest BCUT2D eigenvalue weighted by atomic mass is 9.86. The molecule has 0 aromatic heterocycles. The molecule has 1 aliphatic heterocycles. The summed E-state index contributed by atoms with van der Waals surface area (Å²) in [6.07, 6.45) is 6.11. The van der Waals surface area contributed by atoms with Gasteiger partial charge in [0.2, 0.25) is 5.91 Å². The monoisotopic (exact) mass is 301 g/mol. The molecule has 0 bridgehead atoms. The van der Waals surface area contributed by atoms with Crippen LogP contribution in [-0.4, -0.2) is 43.0 Å². The van der Waals surface area contributed by atoms with E-state index in [0.29, 0.717) is 12.3 Å². The molecule has 1 aliphatic carbocycles. The molecule has 0 spiro atoms. The summed E-state index contributed by atoms with van der Waals surface area (Å²) in [6, 6.07) is 11.0. The predicted molar refractivity (Wildman–Crippen MR) is 88.8 cm³/mol. The van der Waals surface area contributed by atoms with Crippen molar-refractivity contribution < 1.29 is 9.69 Å². The average molecular weight is 301 g/mol. The van der Waals surface area contributed by atoms with Crippen LogP contribution in [0.25, 0.3) is 0 Å². The van der Waals surface area contributed by atoms with Gasteiger partial charge in [-0.15, -0.1) is 0 Å². The van der Waals surface area contributed by atoms with Crippen LogP contribution in [0.5, 0.6) is 0 Å². The molecule has 1 saturated carbocycles. The fraction of sp³-hybridized carbons (Fsp3) is 0.632. The van der Waals surface area contributed by atoms with Crippen LogP contribution in [0.4, 0.5) is 0 Å². The summed E-state index contributed by atoms with van der Waals surface area (Å²) in [6.45, 7) is 6.53. The highest BCUT2D eigenvalue weighted by Crippen LogP contribution is 2.22. The van der Waals surface area contributed by atoms with Gasteiger partial charge in [0, 0.05) is 0 Å². The van der Waals surface area contributed by atoms with Crippen molar-refractivity contribution in [2.45, 2.75) is 45.1 Å². The zero-order valence-electron chi connectivity index (χ0n) is 13.8. The highest BCUT2D eigenvalue weighted by molar-refractivity contribution is 5.78. The van der Waals surface area contributed by atoms with Gasteiger partial charge in [0.05, 0.1) is 38.6 Å². The highest BCUT2D eigenvalue weighted by atomic mass is 16.2. The molecular formula is C19H29N2O+. The number of carbonyl (C=O) groups is 1. The Kier molecular flexibility index (Phi) is 5.14. The number of nitrogens with zero attached hydrogens (tertiary/aromatic N) is 1. The summed E-state index contributed by atoms with van der Waals surface area (Å²) < 4.78 is 0. The van der Waals surface area contributed by atoms with Crippen molar-refractivity contribution in [3.8, 4) is 0 Å². The number of hydrogen-bond donors (Lipinski definition) is 1. The minimum Gasteiger partial charge on any atom is -0.331 e. The van der Waals surface area contributed by atoms with Gasteiger partial charge >= 0.3 is 0 Å². The van der Waals surface area contributed by atoms with E-state index < -0.39 is 0 Å². The van der Waals surface area contributed by atoms with Crippen LogP contribution in [0.3, 0.4) is 0 Å². The molecule has 1 aromatic rings. The SMILES string of the molecule is CC1CCC([NH+]2CCN(C(=O)Cc3ccccc3)CC2)CC1. The lowest BCUT2D eigenvalue weighted by molar-refractivity contribution is -0.930. The molecule has 3 rings (SSSR count). The van der Waals surface area contributed by atoms with Crippen LogP contribution in [0.2, 0.25) is 0 Å². The van der Waals surface area contributed by atoms with Crippen molar-refractivity contribution in [2.75, 3.05) is 26.2 Å². The van der Waals surface area contributed by atoms with E-state index in [-0.39, 0.29) is 0 Å². The van der Waals surface area contributed by atoms with E-state index in [2.05, 4.69) is 11.8 Å². The number of amides is 1. The maximum Gasteiger partial charge on any atom is 0.227 e. The molecule has 0 atom stereocenters. The molecule has 0 unspecified atom stereocenters. The zero-order valence-corrected chi connectivity index (χ0v) is 13.8. The Hall–Kier alpha value is -1.35. The van der Waals surface area contributed by atoms with Crippen molar-refractivity contribution in [3.63, 3.8) is 0 Å². The molecule has 0 radical (unpaired) electrons. The Balaban J connectivity index is 1.46. The standard InChI is InChI=1S/C19H28N2O/c1-16-7-9-18(10-8-16)20-11-13-21(14-12-20)19(22)15-17-5-3-2-4-6-17/h2-6,16,18H,7-15H2,1H3/p+1. The zero-order chi connectivity index (χ0) is 15.4. The van der Waals surface area contributed by atoms with E-state index in [1.807, 2.05) is 30.3 Å². The third-order valence-corrected chi connectivity index (χ3v) is 5.55. The Bertz CT molecular complexity index is 471. The molecular weight excluding hydrogens is 272 g/mol. The third kappa shape index (κ3) is 3.89. The van der Waals surface area contributed by atoms with Crippen molar-refractivity contribution in [3.05, 3.63) is 35.9 Å². The third-order valence-electron chi connectivity index (χ3n) is 5.55. The quantitative estimate of drug-likeness (QED) is 0.900. The van der Waals surface area contributed by atoms with Crippen molar-refractivity contribution in [1.82, 2.24) is 4.90 Å². The normalized spacial score (nSPS) is 26.9. The number of piperazine rings is 1. The van der Waals surface area contributed by atoms with Gasteiger partial charge in [-0.3, -0.25) is 4.79 Å². The molecule has 2 aliphatic rings. The number of quaternary nitrogens is 1. The summed E-state index contributed by atoms with van der Waals surface area (Å²) in [5.74, 6) is 1.21. The summed E-state index contributed by atoms with van der Waals surface area (Å²) >= 11 is 0. The van der Waals surface area contributed by atoms with Crippen LogP contribution >= 0.6 is 0 Å². The average Bonchev–Trinajstić information content (AvgIpc) is 2.57. The first-order valence-electron chi connectivity index (χ1n) is 8.88. The minimum atomic E-state index is 0.294. The molecule has 1 amide bonds. The smallest absolute Gasteiger partial charge is 0.227 e. The van der Waals surface area contributed by atoms with Crippen LogP contribution in [0.1, 0.15) is 38.2 Å². The Morgan fingerprint density at radius 1 is 1.09 bits per heavy atom. The highest BCUT2D eigenvalue weighted by Gasteiger charge is 2.31. The van der Waals surface area contributed by atoms with Gasteiger partial charge in [0.15, 0.2) is 0 Å². The van der Waals surface area contributed by atoms with Crippen molar-refractivity contribution >= 4 is 5.91 Å². The van der Waals surface area contributed by atoms with Gasteiger partial charge in [-0.2, -0.15) is 0 Å². The number of hydrogen-bond acceptors (Lipinski definition) is 1. The summed E-state index contributed by atoms with van der Waals surface area (Å²) in [5.41, 5.74) is 1.13. The van der Waals surface area contributed by atoms with Crippen molar-refractivity contribution in [1.29, 1.82) is 0 Å². The second-order valence-corrected chi connectivity index (χ2v) is 7.16. The second kappa shape index (κ2) is 7.28. The van der Waals surface area contributed by atoms with E-state index in [1.165, 1.54) is 25.7 Å². The van der Waals surface area contributed by atoms with E-state index in [9.17, 15) is 4.79 Å². The molecule has 3 nitrogen and oxygen atoms in total. The molecule has 2 fully saturated rings. The maximum absolute atomic E-state index is 12.4. The predicted octanol–water partition coefficient (Wildman–Crippen LogP) is 1.53. The fourth-order valence-corrected chi connectivity index (χ4v) is 4.00. The molecule has 1 aromatic carbocycles. The molecule has 3 heteroatoms. The van der Waals surface area contributed by atoms with Gasteiger partial charge in [-0.25, -0.2) is 0 Å². The van der Waals surface area contributed by atoms with Gasteiger partial charge in [-0.05, 0) is 37.2 Å². The summed E-state index contributed by atoms with van der Waals surface area (Å²) in [7, 11) is 0.